The number of nitrogens with zero attached hydrogens (tertiary/aromatic N) is 6. The highest BCUT2D eigenvalue weighted by Gasteiger charge is 2.20. The predicted molar refractivity (Wildman–Crippen MR) is 131 cm³/mol. The van der Waals surface area contributed by atoms with Gasteiger partial charge in [-0.05, 0) is 41.4 Å². The van der Waals surface area contributed by atoms with E-state index in [4.69, 9.17) is 17.3 Å². The molecule has 0 radical (unpaired) electrons. The fourth-order valence-electron chi connectivity index (χ4n) is 4.05. The van der Waals surface area contributed by atoms with E-state index in [1.807, 2.05) is 40.4 Å². The topological polar surface area (TPSA) is 42.1 Å². The van der Waals surface area contributed by atoms with Crippen molar-refractivity contribution in [2.75, 3.05) is 26.2 Å². The molecular formula is C24H26N6S2. The van der Waals surface area contributed by atoms with Gasteiger partial charge in [0, 0.05) is 55.6 Å². The Morgan fingerprint density at radius 3 is 2.41 bits per heavy atom. The van der Waals surface area contributed by atoms with E-state index in [0.717, 1.165) is 48.9 Å². The summed E-state index contributed by atoms with van der Waals surface area (Å²) in [5, 5.41) is 7.08. The summed E-state index contributed by atoms with van der Waals surface area (Å²) in [6.45, 7) is 6.60. The van der Waals surface area contributed by atoms with Crippen LogP contribution in [0.1, 0.15) is 10.4 Å². The molecule has 0 bridgehead atoms. The molecule has 1 saturated heterocycles. The average Bonchev–Trinajstić information content (AvgIpc) is 3.45. The van der Waals surface area contributed by atoms with Crippen molar-refractivity contribution in [1.82, 2.24) is 29.1 Å². The average molecular weight is 463 g/mol. The first kappa shape index (κ1) is 21.2. The second kappa shape index (κ2) is 9.87. The molecule has 0 saturated carbocycles. The van der Waals surface area contributed by atoms with E-state index < -0.39 is 0 Å². The Bertz CT molecular complexity index is 1180. The summed E-state index contributed by atoms with van der Waals surface area (Å²) in [6.07, 6.45) is 3.64. The van der Waals surface area contributed by atoms with Crippen LogP contribution in [0.5, 0.6) is 0 Å². The molecule has 0 atom stereocenters. The first-order valence-corrected chi connectivity index (χ1v) is 12.1. The van der Waals surface area contributed by atoms with Gasteiger partial charge in [0.15, 0.2) is 10.6 Å². The van der Waals surface area contributed by atoms with Crippen LogP contribution in [0.3, 0.4) is 0 Å². The summed E-state index contributed by atoms with van der Waals surface area (Å²) in [4.78, 5) is 10.7. The van der Waals surface area contributed by atoms with E-state index in [1.54, 1.807) is 6.20 Å². The zero-order chi connectivity index (χ0) is 21.8. The summed E-state index contributed by atoms with van der Waals surface area (Å²) < 4.78 is 4.83. The molecule has 8 heteroatoms. The number of aromatic nitrogens is 4. The minimum Gasteiger partial charge on any atom is -0.296 e. The fourth-order valence-corrected chi connectivity index (χ4v) is 5.05. The second-order valence-electron chi connectivity index (χ2n) is 8.03. The highest BCUT2D eigenvalue weighted by molar-refractivity contribution is 7.71. The number of hydrogen-bond acceptors (Lipinski definition) is 6. The van der Waals surface area contributed by atoms with Gasteiger partial charge in [0.25, 0.3) is 0 Å². The third-order valence-corrected chi connectivity index (χ3v) is 7.08. The largest absolute Gasteiger partial charge is 0.296 e. The van der Waals surface area contributed by atoms with Gasteiger partial charge >= 0.3 is 0 Å². The van der Waals surface area contributed by atoms with Gasteiger partial charge in [0.2, 0.25) is 0 Å². The van der Waals surface area contributed by atoms with Crippen molar-refractivity contribution in [2.45, 2.75) is 19.8 Å². The van der Waals surface area contributed by atoms with E-state index in [0.29, 0.717) is 13.2 Å². The van der Waals surface area contributed by atoms with Crippen molar-refractivity contribution in [1.29, 1.82) is 0 Å². The molecule has 164 valence electrons. The fraction of sp³-hybridized carbons (Fsp3) is 0.292. The molecule has 0 amide bonds. The van der Waals surface area contributed by atoms with Gasteiger partial charge in [-0.1, -0.05) is 36.4 Å². The molecule has 4 heterocycles. The zero-order valence-corrected chi connectivity index (χ0v) is 19.5. The molecule has 0 N–H and O–H groups in total. The minimum atomic E-state index is 0.693. The smallest absolute Gasteiger partial charge is 0.199 e. The molecule has 0 aliphatic carbocycles. The van der Waals surface area contributed by atoms with Crippen molar-refractivity contribution in [3.05, 3.63) is 87.6 Å². The van der Waals surface area contributed by atoms with Gasteiger partial charge in [-0.2, -0.15) is 5.10 Å². The first-order valence-electron chi connectivity index (χ1n) is 10.9. The van der Waals surface area contributed by atoms with Crippen LogP contribution in [-0.4, -0.2) is 55.3 Å². The van der Waals surface area contributed by atoms with Crippen molar-refractivity contribution < 1.29 is 0 Å². The number of thiophene rings is 1. The monoisotopic (exact) mass is 462 g/mol. The maximum Gasteiger partial charge on any atom is 0.199 e. The second-order valence-corrected chi connectivity index (χ2v) is 9.43. The Kier molecular flexibility index (Phi) is 6.54. The third-order valence-electron chi connectivity index (χ3n) is 5.78. The molecule has 1 aliphatic heterocycles. The van der Waals surface area contributed by atoms with Crippen LogP contribution >= 0.6 is 23.6 Å². The molecular weight excluding hydrogens is 436 g/mol. The number of rotatable bonds is 7. The van der Waals surface area contributed by atoms with E-state index in [9.17, 15) is 0 Å². The lowest BCUT2D eigenvalue weighted by atomic mass is 10.2. The van der Waals surface area contributed by atoms with Gasteiger partial charge < -0.3 is 0 Å². The number of benzene rings is 1. The molecule has 6 nitrogen and oxygen atoms in total. The lowest BCUT2D eigenvalue weighted by molar-refractivity contribution is 0.0987. The molecule has 1 aromatic carbocycles. The summed E-state index contributed by atoms with van der Waals surface area (Å²) in [6, 6.07) is 18.7. The third kappa shape index (κ3) is 4.88. The zero-order valence-electron chi connectivity index (χ0n) is 17.9. The maximum atomic E-state index is 5.89. The highest BCUT2D eigenvalue weighted by Crippen LogP contribution is 2.20. The van der Waals surface area contributed by atoms with Gasteiger partial charge in [0.05, 0.1) is 13.2 Å². The van der Waals surface area contributed by atoms with Crippen LogP contribution in [0.25, 0.3) is 11.4 Å². The standard InChI is InChI=1S/C24H26N6S2/c31-24-29(17-20-6-2-1-3-7-20)23(21-8-4-10-25-16-21)26-30(24)19-28-13-11-27(12-14-28)18-22-9-5-15-32-22/h1-10,15-16H,11-14,17-19H2. The summed E-state index contributed by atoms with van der Waals surface area (Å²) >= 11 is 7.72. The van der Waals surface area contributed by atoms with E-state index in [1.165, 1.54) is 10.4 Å². The normalized spacial score (nSPS) is 15.2. The molecule has 3 aromatic heterocycles. The SMILES string of the molecule is S=c1n(CN2CCN(Cc3cccs3)CC2)nc(-c2cccnc2)n1Cc1ccccc1. The number of pyridine rings is 1. The highest BCUT2D eigenvalue weighted by atomic mass is 32.1. The van der Waals surface area contributed by atoms with Crippen LogP contribution in [0.15, 0.2) is 72.4 Å². The van der Waals surface area contributed by atoms with Gasteiger partial charge in [-0.3, -0.25) is 19.4 Å². The molecule has 32 heavy (non-hydrogen) atoms. The predicted octanol–water partition coefficient (Wildman–Crippen LogP) is 4.36. The summed E-state index contributed by atoms with van der Waals surface area (Å²) in [5.41, 5.74) is 2.18. The van der Waals surface area contributed by atoms with Crippen molar-refractivity contribution in [3.8, 4) is 11.4 Å². The van der Waals surface area contributed by atoms with Gasteiger partial charge in [-0.25, -0.2) is 4.68 Å². The van der Waals surface area contributed by atoms with E-state index in [2.05, 4.69) is 61.1 Å². The van der Waals surface area contributed by atoms with Crippen LogP contribution in [0, 0.1) is 4.77 Å². The maximum absolute atomic E-state index is 5.89. The Morgan fingerprint density at radius 2 is 1.69 bits per heavy atom. The Balaban J connectivity index is 1.33. The summed E-state index contributed by atoms with van der Waals surface area (Å²) in [5.74, 6) is 0.864. The summed E-state index contributed by atoms with van der Waals surface area (Å²) in [7, 11) is 0. The Labute approximate surface area is 197 Å². The van der Waals surface area contributed by atoms with Crippen LogP contribution < -0.4 is 0 Å². The Morgan fingerprint density at radius 1 is 0.875 bits per heavy atom. The van der Waals surface area contributed by atoms with Crippen LogP contribution in [0.2, 0.25) is 0 Å². The van der Waals surface area contributed by atoms with Crippen LogP contribution in [0.4, 0.5) is 0 Å². The molecule has 5 rings (SSSR count). The first-order chi connectivity index (χ1) is 15.8. The number of hydrogen-bond donors (Lipinski definition) is 0. The van der Waals surface area contributed by atoms with E-state index in [-0.39, 0.29) is 0 Å². The lowest BCUT2D eigenvalue weighted by Crippen LogP contribution is -2.46. The van der Waals surface area contributed by atoms with Crippen molar-refractivity contribution in [2.24, 2.45) is 0 Å². The van der Waals surface area contributed by atoms with Gasteiger partial charge in [0.1, 0.15) is 0 Å². The molecule has 0 spiro atoms. The Hall–Kier alpha value is -2.65. The molecule has 1 fully saturated rings. The molecule has 1 aliphatic rings. The van der Waals surface area contributed by atoms with Crippen LogP contribution in [-0.2, 0) is 19.8 Å². The minimum absolute atomic E-state index is 0.693. The molecule has 4 aromatic rings. The quantitative estimate of drug-likeness (QED) is 0.382. The lowest BCUT2D eigenvalue weighted by Gasteiger charge is -2.34. The van der Waals surface area contributed by atoms with E-state index >= 15 is 0 Å². The number of piperazine rings is 1. The van der Waals surface area contributed by atoms with Gasteiger partial charge in [-0.15, -0.1) is 11.3 Å². The van der Waals surface area contributed by atoms with Crippen molar-refractivity contribution in [3.63, 3.8) is 0 Å². The molecule has 0 unspecified atom stereocenters. The van der Waals surface area contributed by atoms with Crippen molar-refractivity contribution >= 4 is 23.6 Å².